The number of rotatable bonds is 5. The molecule has 0 spiro atoms. The maximum Gasteiger partial charge on any atom is 0.329 e. The molecule has 176 valence electrons. The van der Waals surface area contributed by atoms with E-state index in [-0.39, 0.29) is 0 Å². The van der Waals surface area contributed by atoms with E-state index in [2.05, 4.69) is 0 Å². The zero-order valence-corrected chi connectivity index (χ0v) is 19.6. The van der Waals surface area contributed by atoms with Crippen LogP contribution in [0.3, 0.4) is 0 Å². The quantitative estimate of drug-likeness (QED) is 0.614. The number of carbonyl (C=O) groups is 3. The van der Waals surface area contributed by atoms with Gasteiger partial charge in [-0.15, -0.1) is 0 Å². The van der Waals surface area contributed by atoms with Crippen LogP contribution in [0.2, 0.25) is 0 Å². The first-order valence-corrected chi connectivity index (χ1v) is 10.4. The molecule has 0 radical (unpaired) electrons. The number of methoxy groups -OCH3 is 3. The smallest absolute Gasteiger partial charge is 0.329 e. The fraction of sp³-hybridized carbons (Fsp3) is 0.455. The van der Waals surface area contributed by atoms with Crippen molar-refractivity contribution in [1.29, 1.82) is 0 Å². The van der Waals surface area contributed by atoms with Crippen molar-refractivity contribution in [3.8, 4) is 11.5 Å². The molecule has 3 unspecified atom stereocenters. The molecule has 1 saturated heterocycles. The van der Waals surface area contributed by atoms with E-state index in [1.807, 2.05) is 24.8 Å². The van der Waals surface area contributed by atoms with Crippen LogP contribution in [0, 0.1) is 0 Å². The van der Waals surface area contributed by atoms with Gasteiger partial charge in [0.25, 0.3) is 5.91 Å². The number of imide groups is 1. The molecule has 3 amide bonds. The van der Waals surface area contributed by atoms with Crippen molar-refractivity contribution in [1.82, 2.24) is 14.7 Å². The van der Waals surface area contributed by atoms with E-state index < -0.39 is 36.2 Å². The number of carbonyl (C=O) groups excluding carboxylic acids is 3. The first-order chi connectivity index (χ1) is 15.7. The number of nitrogens with zero attached hydrogens (tertiary/aromatic N) is 5. The summed E-state index contributed by atoms with van der Waals surface area (Å²) in [6.07, 6.45) is -0.747. The molecule has 3 heterocycles. The summed E-state index contributed by atoms with van der Waals surface area (Å²) in [6, 6.07) is 2.93. The predicted octanol–water partition coefficient (Wildman–Crippen LogP) is 1.60. The fourth-order valence-electron chi connectivity index (χ4n) is 4.47. The highest BCUT2D eigenvalue weighted by atomic mass is 16.5. The van der Waals surface area contributed by atoms with Crippen LogP contribution < -0.4 is 14.4 Å². The van der Waals surface area contributed by atoms with E-state index in [9.17, 15) is 14.4 Å². The van der Waals surface area contributed by atoms with Gasteiger partial charge in [-0.2, -0.15) is 0 Å². The van der Waals surface area contributed by atoms with Gasteiger partial charge in [-0.3, -0.25) is 14.6 Å². The summed E-state index contributed by atoms with van der Waals surface area (Å²) in [7, 11) is 5.94. The van der Waals surface area contributed by atoms with Crippen molar-refractivity contribution < 1.29 is 28.6 Å². The van der Waals surface area contributed by atoms with Crippen molar-refractivity contribution in [2.24, 2.45) is 4.99 Å². The molecule has 0 aliphatic carbocycles. The summed E-state index contributed by atoms with van der Waals surface area (Å²) in [5, 5.41) is 0. The molecule has 33 heavy (non-hydrogen) atoms. The number of fused-ring (bicyclic) bond motifs is 3. The summed E-state index contributed by atoms with van der Waals surface area (Å²) in [5.41, 5.74) is 2.33. The third-order valence-electron chi connectivity index (χ3n) is 6.40. The second-order valence-corrected chi connectivity index (χ2v) is 8.00. The van der Waals surface area contributed by atoms with Crippen LogP contribution in [0.15, 0.2) is 34.6 Å². The Balaban J connectivity index is 1.80. The molecule has 1 fully saturated rings. The zero-order chi connectivity index (χ0) is 24.2. The monoisotopic (exact) mass is 457 g/mol. The lowest BCUT2D eigenvalue weighted by Crippen LogP contribution is -2.67. The fourth-order valence-corrected chi connectivity index (χ4v) is 4.47. The molecule has 3 aliphatic rings. The van der Waals surface area contributed by atoms with Crippen molar-refractivity contribution >= 4 is 29.6 Å². The van der Waals surface area contributed by atoms with Crippen molar-refractivity contribution in [2.45, 2.75) is 39.0 Å². The Morgan fingerprint density at radius 2 is 1.79 bits per heavy atom. The predicted molar refractivity (Wildman–Crippen MR) is 119 cm³/mol. The average molecular weight is 457 g/mol. The van der Waals surface area contributed by atoms with Gasteiger partial charge >= 0.3 is 12.0 Å². The number of benzene rings is 1. The molecule has 11 heteroatoms. The molecular weight excluding hydrogens is 430 g/mol. The van der Waals surface area contributed by atoms with Crippen LogP contribution in [0.25, 0.3) is 0 Å². The number of esters is 1. The van der Waals surface area contributed by atoms with Gasteiger partial charge in [-0.25, -0.2) is 19.5 Å². The first-order valence-electron chi connectivity index (χ1n) is 10.4. The van der Waals surface area contributed by atoms with Gasteiger partial charge in [-0.1, -0.05) is 0 Å². The average Bonchev–Trinajstić information content (AvgIpc) is 3.31. The number of hydrogen-bond donors (Lipinski definition) is 0. The Hall–Kier alpha value is -3.76. The van der Waals surface area contributed by atoms with E-state index in [0.29, 0.717) is 23.1 Å². The number of hydrogen-bond acceptors (Lipinski definition) is 9. The van der Waals surface area contributed by atoms with E-state index in [1.54, 1.807) is 38.3 Å². The zero-order valence-electron chi connectivity index (χ0n) is 19.6. The largest absolute Gasteiger partial charge is 0.497 e. The Morgan fingerprint density at radius 3 is 2.39 bits per heavy atom. The van der Waals surface area contributed by atoms with Gasteiger partial charge in [0.2, 0.25) is 5.96 Å². The van der Waals surface area contributed by atoms with Gasteiger partial charge in [-0.05, 0) is 32.9 Å². The summed E-state index contributed by atoms with van der Waals surface area (Å²) in [4.78, 5) is 49.5. The molecule has 3 atom stereocenters. The number of aliphatic imine (C=N–C) groups is 1. The summed E-state index contributed by atoms with van der Waals surface area (Å²) >= 11 is 0. The van der Waals surface area contributed by atoms with E-state index >= 15 is 0 Å². The molecule has 0 bridgehead atoms. The number of anilines is 1. The third-order valence-corrected chi connectivity index (χ3v) is 6.40. The second-order valence-electron chi connectivity index (χ2n) is 8.00. The number of guanidine groups is 1. The molecular formula is C22H27N5O6. The summed E-state index contributed by atoms with van der Waals surface area (Å²) < 4.78 is 15.7. The molecule has 4 rings (SSSR count). The Bertz CT molecular complexity index is 1100. The minimum atomic E-state index is -1.06. The van der Waals surface area contributed by atoms with Crippen LogP contribution in [-0.2, 0) is 14.3 Å². The maximum atomic E-state index is 13.6. The lowest BCUT2D eigenvalue weighted by atomic mass is 10.1. The Morgan fingerprint density at radius 1 is 1.09 bits per heavy atom. The van der Waals surface area contributed by atoms with Crippen LogP contribution >= 0.6 is 0 Å². The van der Waals surface area contributed by atoms with Gasteiger partial charge in [0.15, 0.2) is 12.2 Å². The molecule has 3 aliphatic heterocycles. The summed E-state index contributed by atoms with van der Waals surface area (Å²) in [6.45, 7) is 5.27. The van der Waals surface area contributed by atoms with Crippen molar-refractivity contribution in [3.63, 3.8) is 0 Å². The molecule has 1 aromatic rings. The highest BCUT2D eigenvalue weighted by Gasteiger charge is 2.57. The minimum Gasteiger partial charge on any atom is -0.497 e. The highest BCUT2D eigenvalue weighted by molar-refractivity contribution is 6.12. The van der Waals surface area contributed by atoms with Gasteiger partial charge in [0.05, 0.1) is 27.0 Å². The lowest BCUT2D eigenvalue weighted by Gasteiger charge is -2.42. The van der Waals surface area contributed by atoms with E-state index in [0.717, 1.165) is 16.3 Å². The second kappa shape index (κ2) is 7.98. The minimum absolute atomic E-state index is 0.493. The normalized spacial score (nSPS) is 22.9. The SMILES string of the molecule is COC(=O)C(C)N1C(=O)C2C(N=C3N(c4cc(OC)ccc4OC)C(C)=C(C)N32)N(C)C1=O. The van der Waals surface area contributed by atoms with Gasteiger partial charge in [0.1, 0.15) is 17.5 Å². The third kappa shape index (κ3) is 3.10. The van der Waals surface area contributed by atoms with E-state index in [1.165, 1.54) is 18.9 Å². The first kappa shape index (κ1) is 22.4. The van der Waals surface area contributed by atoms with Crippen molar-refractivity contribution in [3.05, 3.63) is 29.6 Å². The number of ether oxygens (including phenoxy) is 3. The molecule has 0 saturated carbocycles. The number of allylic oxidation sites excluding steroid dienone is 2. The molecule has 0 aromatic heterocycles. The van der Waals surface area contributed by atoms with Crippen molar-refractivity contribution in [2.75, 3.05) is 33.3 Å². The number of amides is 3. The Kier molecular flexibility index (Phi) is 5.43. The maximum absolute atomic E-state index is 13.6. The van der Waals surface area contributed by atoms with E-state index in [4.69, 9.17) is 19.2 Å². The summed E-state index contributed by atoms with van der Waals surface area (Å²) in [5.74, 6) is 0.542. The van der Waals surface area contributed by atoms with Gasteiger partial charge < -0.3 is 19.1 Å². The standard InChI is InChI=1S/C22H27N5O6/c1-11-12(2)26-17-18(24(4)22(30)27(19(17)28)13(3)20(29)33-7)23-21(26)25(11)15-10-14(31-5)8-9-16(15)32-6/h8-10,13,17-18H,1-7H3. The molecule has 1 aromatic carbocycles. The van der Waals surface area contributed by atoms with Crippen LogP contribution in [-0.4, -0.2) is 85.2 Å². The highest BCUT2D eigenvalue weighted by Crippen LogP contribution is 2.43. The number of likely N-dealkylation sites (N-methyl/N-ethyl adjacent to an activating group) is 1. The van der Waals surface area contributed by atoms with Crippen LogP contribution in [0.5, 0.6) is 11.5 Å². The molecule has 0 N–H and O–H groups in total. The van der Waals surface area contributed by atoms with Crippen LogP contribution in [0.4, 0.5) is 10.5 Å². The Labute approximate surface area is 191 Å². The van der Waals surface area contributed by atoms with Crippen LogP contribution in [0.1, 0.15) is 20.8 Å². The number of urea groups is 1. The topological polar surface area (TPSA) is 104 Å². The molecule has 11 nitrogen and oxygen atoms in total. The lowest BCUT2D eigenvalue weighted by molar-refractivity contribution is -0.153. The van der Waals surface area contributed by atoms with Gasteiger partial charge in [0, 0.05) is 24.5 Å².